The van der Waals surface area contributed by atoms with E-state index in [0.29, 0.717) is 11.8 Å². The van der Waals surface area contributed by atoms with E-state index in [9.17, 15) is 0 Å². The number of aromatic nitrogens is 4. The van der Waals surface area contributed by atoms with Crippen LogP contribution in [0.1, 0.15) is 0 Å². The van der Waals surface area contributed by atoms with Gasteiger partial charge in [0.25, 0.3) is 0 Å². The van der Waals surface area contributed by atoms with E-state index in [1.54, 1.807) is 0 Å². The predicted octanol–water partition coefficient (Wildman–Crippen LogP) is 7.54. The molecule has 0 aliphatic carbocycles. The molecule has 5 heteroatoms. The molecule has 7 rings (SSSR count). The Bertz CT molecular complexity index is 1820. The average molecular weight is 465 g/mol. The fraction of sp³-hybridized carbons (Fsp3) is 0. The van der Waals surface area contributed by atoms with E-state index in [0.717, 1.165) is 44.5 Å². The SMILES string of the molecule is c1ccc(-c2ccc(-c3nnc(-c4ccn5c(nc6ccccc65)c4-c4ccccc4)o3)cc2)cc1. The molecule has 3 heterocycles. The van der Waals surface area contributed by atoms with Crippen LogP contribution < -0.4 is 0 Å². The number of fused-ring (bicyclic) bond motifs is 3. The zero-order valence-corrected chi connectivity index (χ0v) is 19.2. The number of nitrogens with zero attached hydrogens (tertiary/aromatic N) is 4. The van der Waals surface area contributed by atoms with Gasteiger partial charge in [-0.05, 0) is 47.0 Å². The standard InChI is InChI=1S/C31H20N4O/c1-3-9-21(10-4-1)22-15-17-24(18-16-22)30-33-34-31(36-30)25-19-20-35-27-14-8-7-13-26(27)32-29(35)28(25)23-11-5-2-6-12-23/h1-20H. The first-order valence-corrected chi connectivity index (χ1v) is 11.8. The van der Waals surface area contributed by atoms with Gasteiger partial charge in [0.2, 0.25) is 11.8 Å². The molecule has 0 saturated heterocycles. The molecule has 0 N–H and O–H groups in total. The second-order valence-corrected chi connectivity index (χ2v) is 8.62. The molecule has 0 spiro atoms. The van der Waals surface area contributed by atoms with Crippen LogP contribution in [0.15, 0.2) is 126 Å². The Labute approximate surface area is 207 Å². The lowest BCUT2D eigenvalue weighted by Crippen LogP contribution is -1.93. The lowest BCUT2D eigenvalue weighted by molar-refractivity contribution is 0.585. The van der Waals surface area contributed by atoms with E-state index in [1.807, 2.05) is 79.0 Å². The van der Waals surface area contributed by atoms with E-state index >= 15 is 0 Å². The number of imidazole rings is 1. The first-order valence-electron chi connectivity index (χ1n) is 11.8. The first kappa shape index (κ1) is 20.4. The van der Waals surface area contributed by atoms with Crippen LogP contribution in [0.4, 0.5) is 0 Å². The Morgan fingerprint density at radius 3 is 1.92 bits per heavy atom. The molecule has 0 saturated carbocycles. The molecule has 3 aromatic heterocycles. The maximum Gasteiger partial charge on any atom is 0.248 e. The summed E-state index contributed by atoms with van der Waals surface area (Å²) in [4.78, 5) is 4.95. The molecule has 7 aromatic rings. The van der Waals surface area contributed by atoms with Crippen molar-refractivity contribution in [3.8, 4) is 45.2 Å². The van der Waals surface area contributed by atoms with Gasteiger partial charge in [-0.15, -0.1) is 10.2 Å². The quantitative estimate of drug-likeness (QED) is 0.270. The van der Waals surface area contributed by atoms with Crippen molar-refractivity contribution in [2.24, 2.45) is 0 Å². The minimum Gasteiger partial charge on any atom is -0.416 e. The van der Waals surface area contributed by atoms with E-state index in [1.165, 1.54) is 5.56 Å². The van der Waals surface area contributed by atoms with Gasteiger partial charge in [0.05, 0.1) is 16.6 Å². The fourth-order valence-corrected chi connectivity index (χ4v) is 4.68. The molecule has 0 fully saturated rings. The zero-order chi connectivity index (χ0) is 23.9. The molecule has 0 bridgehead atoms. The van der Waals surface area contributed by atoms with Crippen molar-refractivity contribution in [3.05, 3.63) is 121 Å². The molecular weight excluding hydrogens is 444 g/mol. The summed E-state index contributed by atoms with van der Waals surface area (Å²) >= 11 is 0. The maximum atomic E-state index is 6.23. The largest absolute Gasteiger partial charge is 0.416 e. The van der Waals surface area contributed by atoms with Crippen LogP contribution in [0, 0.1) is 0 Å². The highest BCUT2D eigenvalue weighted by Crippen LogP contribution is 2.37. The minimum atomic E-state index is 0.463. The number of benzene rings is 4. The van der Waals surface area contributed by atoms with Crippen molar-refractivity contribution in [1.82, 2.24) is 19.6 Å². The summed E-state index contributed by atoms with van der Waals surface area (Å²) in [5, 5.41) is 8.82. The Morgan fingerprint density at radius 2 is 1.14 bits per heavy atom. The molecule has 0 aliphatic rings. The van der Waals surface area contributed by atoms with E-state index in [2.05, 4.69) is 57.1 Å². The summed E-state index contributed by atoms with van der Waals surface area (Å²) in [5.41, 5.74) is 8.89. The molecule has 0 unspecified atom stereocenters. The molecule has 0 amide bonds. The van der Waals surface area contributed by atoms with Crippen LogP contribution in [0.5, 0.6) is 0 Å². The fourth-order valence-electron chi connectivity index (χ4n) is 4.68. The number of rotatable bonds is 4. The van der Waals surface area contributed by atoms with Crippen LogP contribution in [0.3, 0.4) is 0 Å². The summed E-state index contributed by atoms with van der Waals surface area (Å²) in [6.07, 6.45) is 2.02. The number of pyridine rings is 1. The van der Waals surface area contributed by atoms with Crippen molar-refractivity contribution in [2.45, 2.75) is 0 Å². The third-order valence-corrected chi connectivity index (χ3v) is 6.44. The van der Waals surface area contributed by atoms with Gasteiger partial charge in [-0.1, -0.05) is 84.9 Å². The van der Waals surface area contributed by atoms with Crippen molar-refractivity contribution in [3.63, 3.8) is 0 Å². The molecule has 4 aromatic carbocycles. The molecule has 0 atom stereocenters. The van der Waals surface area contributed by atoms with E-state index in [-0.39, 0.29) is 0 Å². The molecule has 5 nitrogen and oxygen atoms in total. The highest BCUT2D eigenvalue weighted by atomic mass is 16.4. The predicted molar refractivity (Wildman–Crippen MR) is 142 cm³/mol. The Balaban J connectivity index is 1.35. The molecular formula is C31H20N4O. The van der Waals surface area contributed by atoms with Gasteiger partial charge < -0.3 is 4.42 Å². The summed E-state index contributed by atoms with van der Waals surface area (Å²) in [6.45, 7) is 0. The topological polar surface area (TPSA) is 56.2 Å². The summed E-state index contributed by atoms with van der Waals surface area (Å²) in [7, 11) is 0. The van der Waals surface area contributed by atoms with Crippen LogP contribution >= 0.6 is 0 Å². The number of hydrogen-bond acceptors (Lipinski definition) is 4. The Kier molecular flexibility index (Phi) is 4.71. The smallest absolute Gasteiger partial charge is 0.248 e. The monoisotopic (exact) mass is 464 g/mol. The Morgan fingerprint density at radius 1 is 0.528 bits per heavy atom. The molecule has 36 heavy (non-hydrogen) atoms. The lowest BCUT2D eigenvalue weighted by Gasteiger charge is -2.09. The van der Waals surface area contributed by atoms with Gasteiger partial charge in [0, 0.05) is 17.3 Å². The van der Waals surface area contributed by atoms with Gasteiger partial charge in [-0.25, -0.2) is 4.98 Å². The number of hydrogen-bond donors (Lipinski definition) is 0. The zero-order valence-electron chi connectivity index (χ0n) is 19.2. The molecule has 170 valence electrons. The summed E-state index contributed by atoms with van der Waals surface area (Å²) in [5.74, 6) is 0.947. The second kappa shape index (κ2) is 8.32. The van der Waals surface area contributed by atoms with Crippen molar-refractivity contribution >= 4 is 16.7 Å². The summed E-state index contributed by atoms with van der Waals surface area (Å²) < 4.78 is 8.34. The molecule has 0 radical (unpaired) electrons. The third-order valence-electron chi connectivity index (χ3n) is 6.44. The van der Waals surface area contributed by atoms with Gasteiger partial charge >= 0.3 is 0 Å². The van der Waals surface area contributed by atoms with Crippen LogP contribution in [-0.4, -0.2) is 19.6 Å². The van der Waals surface area contributed by atoms with E-state index < -0.39 is 0 Å². The van der Waals surface area contributed by atoms with Crippen molar-refractivity contribution < 1.29 is 4.42 Å². The lowest BCUT2D eigenvalue weighted by atomic mass is 10.0. The highest BCUT2D eigenvalue weighted by Gasteiger charge is 2.20. The van der Waals surface area contributed by atoms with E-state index in [4.69, 9.17) is 9.40 Å². The minimum absolute atomic E-state index is 0.463. The highest BCUT2D eigenvalue weighted by molar-refractivity contribution is 5.94. The van der Waals surface area contributed by atoms with Gasteiger partial charge in [-0.3, -0.25) is 4.40 Å². The normalized spacial score (nSPS) is 11.3. The third kappa shape index (κ3) is 3.37. The molecule has 0 aliphatic heterocycles. The first-order chi connectivity index (χ1) is 17.8. The summed E-state index contributed by atoms with van der Waals surface area (Å²) in [6, 6.07) is 38.9. The van der Waals surface area contributed by atoms with Gasteiger partial charge in [-0.2, -0.15) is 0 Å². The van der Waals surface area contributed by atoms with Crippen LogP contribution in [0.25, 0.3) is 61.8 Å². The van der Waals surface area contributed by atoms with Crippen LogP contribution in [0.2, 0.25) is 0 Å². The van der Waals surface area contributed by atoms with Crippen molar-refractivity contribution in [1.29, 1.82) is 0 Å². The average Bonchev–Trinajstić information content (AvgIpc) is 3.59. The van der Waals surface area contributed by atoms with Gasteiger partial charge in [0.15, 0.2) is 0 Å². The van der Waals surface area contributed by atoms with Crippen LogP contribution in [-0.2, 0) is 0 Å². The maximum absolute atomic E-state index is 6.23. The van der Waals surface area contributed by atoms with Crippen molar-refractivity contribution in [2.75, 3.05) is 0 Å². The Hall–Kier alpha value is -5.03. The van der Waals surface area contributed by atoms with Gasteiger partial charge in [0.1, 0.15) is 5.65 Å². The number of para-hydroxylation sites is 2. The second-order valence-electron chi connectivity index (χ2n) is 8.62.